The number of hydrogen-bond donors (Lipinski definition) is 1. The maximum Gasteiger partial charge on any atom is 0.227 e. The summed E-state index contributed by atoms with van der Waals surface area (Å²) in [5.74, 6) is 1.46. The molecular formula is C24H26ClN3O3. The fraction of sp³-hybridized carbons (Fsp3) is 0.333. The lowest BCUT2D eigenvalue weighted by Crippen LogP contribution is -2.37. The van der Waals surface area contributed by atoms with Crippen molar-refractivity contribution in [3.63, 3.8) is 0 Å². The van der Waals surface area contributed by atoms with Gasteiger partial charge in [-0.25, -0.2) is 4.98 Å². The number of benzene rings is 2. The Balaban J connectivity index is 1.37. The van der Waals surface area contributed by atoms with Gasteiger partial charge in [0.1, 0.15) is 16.7 Å². The Hall–Kier alpha value is -2.83. The maximum absolute atomic E-state index is 12.7. The van der Waals surface area contributed by atoms with Crippen LogP contribution in [0, 0.1) is 5.92 Å². The van der Waals surface area contributed by atoms with E-state index >= 15 is 0 Å². The molecule has 6 nitrogen and oxygen atoms in total. The fourth-order valence-corrected chi connectivity index (χ4v) is 4.19. The van der Waals surface area contributed by atoms with Gasteiger partial charge in [-0.3, -0.25) is 9.69 Å². The molecule has 0 radical (unpaired) electrons. The van der Waals surface area contributed by atoms with Crippen molar-refractivity contribution in [2.24, 2.45) is 5.92 Å². The van der Waals surface area contributed by atoms with E-state index in [1.54, 1.807) is 14.2 Å². The minimum atomic E-state index is -0.0150. The number of nitrogens with zero attached hydrogens (tertiary/aromatic N) is 2. The van der Waals surface area contributed by atoms with Gasteiger partial charge in [0.2, 0.25) is 5.91 Å². The second-order valence-corrected chi connectivity index (χ2v) is 8.09. The molecule has 31 heavy (non-hydrogen) atoms. The molecule has 1 saturated heterocycles. The molecule has 0 aliphatic carbocycles. The van der Waals surface area contributed by atoms with Gasteiger partial charge >= 0.3 is 0 Å². The number of amides is 1. The first-order chi connectivity index (χ1) is 15.1. The summed E-state index contributed by atoms with van der Waals surface area (Å²) in [6.07, 6.45) is 1.60. The highest BCUT2D eigenvalue weighted by Crippen LogP contribution is 2.28. The molecule has 1 N–H and O–H groups in total. The number of aromatic nitrogens is 1. The molecule has 0 saturated carbocycles. The quantitative estimate of drug-likeness (QED) is 0.561. The molecule has 1 fully saturated rings. The SMILES string of the molecule is COc1ccc2cc(CN3CCC(C(=O)Nc4ccccc4OC)CC3)c(Cl)nc2c1. The van der Waals surface area contributed by atoms with Crippen molar-refractivity contribution in [2.45, 2.75) is 19.4 Å². The van der Waals surface area contributed by atoms with Crippen LogP contribution in [-0.4, -0.2) is 43.1 Å². The van der Waals surface area contributed by atoms with Gasteiger partial charge in [-0.15, -0.1) is 0 Å². The minimum absolute atomic E-state index is 0.0150. The monoisotopic (exact) mass is 439 g/mol. The summed E-state index contributed by atoms with van der Waals surface area (Å²) in [7, 11) is 3.24. The molecule has 2 heterocycles. The molecule has 162 valence electrons. The number of ether oxygens (including phenoxy) is 2. The van der Waals surface area contributed by atoms with Crippen LogP contribution in [0.4, 0.5) is 5.69 Å². The first-order valence-corrected chi connectivity index (χ1v) is 10.7. The van der Waals surface area contributed by atoms with Crippen molar-refractivity contribution < 1.29 is 14.3 Å². The molecule has 3 aromatic rings. The Labute approximate surface area is 187 Å². The van der Waals surface area contributed by atoms with E-state index in [0.717, 1.165) is 48.1 Å². The van der Waals surface area contributed by atoms with E-state index in [1.807, 2.05) is 42.5 Å². The van der Waals surface area contributed by atoms with Gasteiger partial charge in [0.25, 0.3) is 0 Å². The normalized spacial score (nSPS) is 15.1. The second kappa shape index (κ2) is 9.54. The number of para-hydroxylation sites is 2. The van der Waals surface area contributed by atoms with Gasteiger partial charge < -0.3 is 14.8 Å². The van der Waals surface area contributed by atoms with E-state index in [-0.39, 0.29) is 11.8 Å². The Bertz CT molecular complexity index is 1080. The van der Waals surface area contributed by atoms with Crippen molar-refractivity contribution >= 4 is 34.1 Å². The van der Waals surface area contributed by atoms with Crippen LogP contribution in [0.25, 0.3) is 10.9 Å². The lowest BCUT2D eigenvalue weighted by molar-refractivity contribution is -0.121. The largest absolute Gasteiger partial charge is 0.497 e. The van der Waals surface area contributed by atoms with Crippen molar-refractivity contribution in [1.29, 1.82) is 0 Å². The van der Waals surface area contributed by atoms with Crippen molar-refractivity contribution in [3.05, 3.63) is 59.2 Å². The van der Waals surface area contributed by atoms with Crippen LogP contribution in [0.5, 0.6) is 11.5 Å². The lowest BCUT2D eigenvalue weighted by Gasteiger charge is -2.31. The van der Waals surface area contributed by atoms with Crippen LogP contribution >= 0.6 is 11.6 Å². The number of hydrogen-bond acceptors (Lipinski definition) is 5. The molecule has 1 aliphatic heterocycles. The van der Waals surface area contributed by atoms with Gasteiger partial charge in [0.05, 0.1) is 25.4 Å². The fourth-order valence-electron chi connectivity index (χ4n) is 3.98. The van der Waals surface area contributed by atoms with E-state index in [9.17, 15) is 4.79 Å². The molecule has 4 rings (SSSR count). The summed E-state index contributed by atoms with van der Waals surface area (Å²) in [6, 6.07) is 15.4. The van der Waals surface area contributed by atoms with Crippen LogP contribution in [0.3, 0.4) is 0 Å². The van der Waals surface area contributed by atoms with Gasteiger partial charge in [0.15, 0.2) is 0 Å². The number of methoxy groups -OCH3 is 2. The third kappa shape index (κ3) is 4.92. The van der Waals surface area contributed by atoms with Crippen molar-refractivity contribution in [1.82, 2.24) is 9.88 Å². The molecule has 7 heteroatoms. The van der Waals surface area contributed by atoms with E-state index in [2.05, 4.69) is 21.3 Å². The maximum atomic E-state index is 12.7. The van der Waals surface area contributed by atoms with Crippen LogP contribution in [-0.2, 0) is 11.3 Å². The van der Waals surface area contributed by atoms with Crippen molar-refractivity contribution in [2.75, 3.05) is 32.6 Å². The topological polar surface area (TPSA) is 63.7 Å². The number of fused-ring (bicyclic) bond motifs is 1. The predicted octanol–water partition coefficient (Wildman–Crippen LogP) is 4.76. The van der Waals surface area contributed by atoms with Gasteiger partial charge in [-0.2, -0.15) is 0 Å². The number of piperidine rings is 1. The summed E-state index contributed by atoms with van der Waals surface area (Å²) in [6.45, 7) is 2.39. The lowest BCUT2D eigenvalue weighted by atomic mass is 9.95. The molecule has 0 unspecified atom stereocenters. The summed E-state index contributed by atoms with van der Waals surface area (Å²) in [5.41, 5.74) is 2.53. The third-order valence-electron chi connectivity index (χ3n) is 5.77. The molecule has 0 atom stereocenters. The number of anilines is 1. The van der Waals surface area contributed by atoms with Crippen LogP contribution in [0.2, 0.25) is 5.15 Å². The highest BCUT2D eigenvalue weighted by Gasteiger charge is 2.26. The van der Waals surface area contributed by atoms with E-state index in [1.165, 1.54) is 0 Å². The summed E-state index contributed by atoms with van der Waals surface area (Å²) < 4.78 is 10.6. The number of likely N-dealkylation sites (tertiary alicyclic amines) is 1. The molecule has 1 aliphatic rings. The average Bonchev–Trinajstić information content (AvgIpc) is 2.80. The Kier molecular flexibility index (Phi) is 6.59. The number of carbonyl (C=O) groups is 1. The Morgan fingerprint density at radius 2 is 1.90 bits per heavy atom. The second-order valence-electron chi connectivity index (χ2n) is 7.74. The Morgan fingerprint density at radius 3 is 2.65 bits per heavy atom. The number of pyridine rings is 1. The van der Waals surface area contributed by atoms with Crippen LogP contribution in [0.1, 0.15) is 18.4 Å². The van der Waals surface area contributed by atoms with Crippen LogP contribution in [0.15, 0.2) is 48.5 Å². The van der Waals surface area contributed by atoms with E-state index < -0.39 is 0 Å². The highest BCUT2D eigenvalue weighted by atomic mass is 35.5. The number of nitrogens with one attached hydrogen (secondary N) is 1. The molecule has 0 spiro atoms. The highest BCUT2D eigenvalue weighted by molar-refractivity contribution is 6.30. The smallest absolute Gasteiger partial charge is 0.227 e. The van der Waals surface area contributed by atoms with E-state index in [4.69, 9.17) is 21.1 Å². The molecule has 2 aromatic carbocycles. The zero-order chi connectivity index (χ0) is 21.8. The van der Waals surface area contributed by atoms with Gasteiger partial charge in [-0.05, 0) is 56.3 Å². The number of carbonyl (C=O) groups excluding carboxylic acids is 1. The number of halogens is 1. The molecule has 1 aromatic heterocycles. The standard InChI is InChI=1S/C24H26ClN3O3/c1-30-19-8-7-17-13-18(23(25)26-21(17)14-19)15-28-11-9-16(10-12-28)24(29)27-20-5-3-4-6-22(20)31-2/h3-8,13-14,16H,9-12,15H2,1-2H3,(H,27,29). The Morgan fingerprint density at radius 1 is 1.13 bits per heavy atom. The van der Waals surface area contributed by atoms with Gasteiger partial charge in [0, 0.05) is 29.5 Å². The van der Waals surface area contributed by atoms with E-state index in [0.29, 0.717) is 23.1 Å². The van der Waals surface area contributed by atoms with Crippen LogP contribution < -0.4 is 14.8 Å². The molecular weight excluding hydrogens is 414 g/mol. The summed E-state index contributed by atoms with van der Waals surface area (Å²) in [5, 5.41) is 4.55. The first-order valence-electron chi connectivity index (χ1n) is 10.4. The zero-order valence-electron chi connectivity index (χ0n) is 17.7. The molecule has 0 bridgehead atoms. The molecule has 1 amide bonds. The predicted molar refractivity (Wildman–Crippen MR) is 123 cm³/mol. The summed E-state index contributed by atoms with van der Waals surface area (Å²) in [4.78, 5) is 19.6. The van der Waals surface area contributed by atoms with Crippen molar-refractivity contribution in [3.8, 4) is 11.5 Å². The average molecular weight is 440 g/mol. The summed E-state index contributed by atoms with van der Waals surface area (Å²) >= 11 is 6.46. The first kappa shape index (κ1) is 21.4. The van der Waals surface area contributed by atoms with Gasteiger partial charge in [-0.1, -0.05) is 23.7 Å². The minimum Gasteiger partial charge on any atom is -0.497 e. The number of rotatable bonds is 6. The zero-order valence-corrected chi connectivity index (χ0v) is 18.5. The third-order valence-corrected chi connectivity index (χ3v) is 6.10.